The van der Waals surface area contributed by atoms with Crippen LogP contribution in [0.1, 0.15) is 78.6 Å². The number of rotatable bonds is 7. The second-order valence-electron chi connectivity index (χ2n) is 12.2. The number of hydrogen-bond acceptors (Lipinski definition) is 4. The molecule has 7 rings (SSSR count). The summed E-state index contributed by atoms with van der Waals surface area (Å²) in [5, 5.41) is 8.32. The molecule has 3 aliphatic heterocycles. The number of likely N-dealkylation sites (tertiary alicyclic amines) is 1. The molecule has 1 N–H and O–H groups in total. The van der Waals surface area contributed by atoms with Crippen molar-refractivity contribution >= 4 is 35.0 Å². The van der Waals surface area contributed by atoms with Gasteiger partial charge in [-0.25, -0.2) is 9.07 Å². The van der Waals surface area contributed by atoms with Crippen molar-refractivity contribution < 1.29 is 13.9 Å². The predicted molar refractivity (Wildman–Crippen MR) is 173 cm³/mol. The lowest BCUT2D eigenvalue weighted by Crippen LogP contribution is -2.28. The van der Waals surface area contributed by atoms with E-state index in [9.17, 15) is 4.79 Å². The van der Waals surface area contributed by atoms with E-state index in [1.807, 2.05) is 59.3 Å². The van der Waals surface area contributed by atoms with Gasteiger partial charge in [0.15, 0.2) is 6.23 Å². The first-order chi connectivity index (χ1) is 21.6. The minimum atomic E-state index is -0.359. The molecule has 44 heavy (non-hydrogen) atoms. The highest BCUT2D eigenvalue weighted by atomic mass is 19.1. The van der Waals surface area contributed by atoms with Crippen LogP contribution in [0.4, 0.5) is 4.39 Å². The zero-order valence-electron chi connectivity index (χ0n) is 25.1. The third-order valence-corrected chi connectivity index (χ3v) is 9.14. The van der Waals surface area contributed by atoms with Gasteiger partial charge in [-0.2, -0.15) is 5.10 Å². The highest BCUT2D eigenvalue weighted by molar-refractivity contribution is 6.02. The highest BCUT2D eigenvalue weighted by Crippen LogP contribution is 2.34. The van der Waals surface area contributed by atoms with Gasteiger partial charge in [-0.1, -0.05) is 67.1 Å². The lowest BCUT2D eigenvalue weighted by Gasteiger charge is -2.26. The predicted octanol–water partition coefficient (Wildman–Crippen LogP) is 7.33. The summed E-state index contributed by atoms with van der Waals surface area (Å²) in [6.07, 6.45) is 12.2. The number of aromatic nitrogens is 2. The Hall–Kier alpha value is -4.07. The molecule has 0 spiro atoms. The van der Waals surface area contributed by atoms with Crippen molar-refractivity contribution in [3.63, 3.8) is 0 Å². The van der Waals surface area contributed by atoms with Gasteiger partial charge in [0, 0.05) is 31.2 Å². The number of carbonyl (C=O) groups is 1. The van der Waals surface area contributed by atoms with E-state index in [1.165, 1.54) is 44.0 Å². The maximum absolute atomic E-state index is 16.0. The van der Waals surface area contributed by atoms with Crippen LogP contribution in [0.2, 0.25) is 0 Å². The summed E-state index contributed by atoms with van der Waals surface area (Å²) >= 11 is 0. The molecule has 2 atom stereocenters. The molecule has 0 bridgehead atoms. The summed E-state index contributed by atoms with van der Waals surface area (Å²) in [5.74, 6) is -0.560. The van der Waals surface area contributed by atoms with Crippen molar-refractivity contribution in [2.75, 3.05) is 26.2 Å². The molecule has 3 aliphatic rings. The number of ether oxygens (including phenoxy) is 1. The summed E-state index contributed by atoms with van der Waals surface area (Å²) in [5.41, 5.74) is 5.94. The second-order valence-corrected chi connectivity index (χ2v) is 12.2. The van der Waals surface area contributed by atoms with Crippen molar-refractivity contribution in [2.45, 2.75) is 57.2 Å². The Morgan fingerprint density at radius 3 is 2.52 bits per heavy atom. The number of amides is 1. The monoisotopic (exact) mass is 590 g/mol. The van der Waals surface area contributed by atoms with Gasteiger partial charge in [0.2, 0.25) is 5.91 Å². The first-order valence-corrected chi connectivity index (χ1v) is 16.0. The molecule has 3 fully saturated rings. The molecule has 2 unspecified atom stereocenters. The Morgan fingerprint density at radius 1 is 0.932 bits per heavy atom. The third-order valence-electron chi connectivity index (χ3n) is 9.14. The van der Waals surface area contributed by atoms with E-state index in [1.54, 1.807) is 0 Å². The largest absolute Gasteiger partial charge is 0.356 e. The fourth-order valence-electron chi connectivity index (χ4n) is 6.78. The van der Waals surface area contributed by atoms with Gasteiger partial charge in [-0.3, -0.25) is 9.69 Å². The second kappa shape index (κ2) is 12.9. The Morgan fingerprint density at radius 2 is 1.75 bits per heavy atom. The zero-order valence-corrected chi connectivity index (χ0v) is 25.1. The Balaban J connectivity index is 1.21. The third kappa shape index (κ3) is 6.12. The molecule has 0 radical (unpaired) electrons. The molecule has 6 nitrogen and oxygen atoms in total. The summed E-state index contributed by atoms with van der Waals surface area (Å²) in [6, 6.07) is 22.0. The summed E-state index contributed by atoms with van der Waals surface area (Å²) < 4.78 is 24.0. The molecule has 1 aromatic heterocycles. The van der Waals surface area contributed by atoms with E-state index < -0.39 is 0 Å². The van der Waals surface area contributed by atoms with Gasteiger partial charge in [-0.15, -0.1) is 0 Å². The van der Waals surface area contributed by atoms with Crippen LogP contribution < -0.4 is 5.32 Å². The number of nitrogens with zero attached hydrogens (tertiary/aromatic N) is 3. The number of piperidine rings is 1. The van der Waals surface area contributed by atoms with Gasteiger partial charge < -0.3 is 10.1 Å². The number of fused-ring (bicyclic) bond motifs is 1. The Bertz CT molecular complexity index is 1680. The van der Waals surface area contributed by atoms with Gasteiger partial charge in [0.05, 0.1) is 16.6 Å². The van der Waals surface area contributed by atoms with Crippen LogP contribution >= 0.6 is 0 Å². The van der Waals surface area contributed by atoms with E-state index in [0.29, 0.717) is 40.9 Å². The minimum Gasteiger partial charge on any atom is -0.356 e. The van der Waals surface area contributed by atoms with Crippen LogP contribution in [-0.2, 0) is 16.1 Å². The van der Waals surface area contributed by atoms with Crippen molar-refractivity contribution in [1.82, 2.24) is 20.0 Å². The quantitative estimate of drug-likeness (QED) is 0.229. The van der Waals surface area contributed by atoms with Gasteiger partial charge in [0.25, 0.3) is 0 Å². The van der Waals surface area contributed by atoms with Crippen LogP contribution in [-0.4, -0.2) is 46.8 Å². The first-order valence-electron chi connectivity index (χ1n) is 16.0. The molecule has 3 aromatic carbocycles. The lowest BCUT2D eigenvalue weighted by atomic mass is 9.92. The minimum absolute atomic E-state index is 0.0845. The zero-order chi connectivity index (χ0) is 29.9. The molecule has 3 saturated heterocycles. The first kappa shape index (κ1) is 28.7. The molecule has 4 aromatic rings. The normalized spacial score (nSPS) is 22.3. The van der Waals surface area contributed by atoms with Crippen LogP contribution in [0.25, 0.3) is 29.1 Å². The maximum atomic E-state index is 16.0. The van der Waals surface area contributed by atoms with E-state index in [0.717, 1.165) is 36.9 Å². The Labute approximate surface area is 258 Å². The van der Waals surface area contributed by atoms with Crippen molar-refractivity contribution in [3.05, 3.63) is 106 Å². The van der Waals surface area contributed by atoms with Crippen molar-refractivity contribution in [2.24, 2.45) is 0 Å². The van der Waals surface area contributed by atoms with E-state index >= 15 is 4.39 Å². The summed E-state index contributed by atoms with van der Waals surface area (Å²) in [6.45, 7) is 4.52. The molecule has 0 saturated carbocycles. The van der Waals surface area contributed by atoms with Crippen molar-refractivity contribution in [1.29, 1.82) is 0 Å². The SMILES string of the molecule is O=C1NCC(c2ccccc2)C1=Cc1cc(F)c2c(/C=C/c3ccc(CN4CCCCC4)cc3)nn(C3CCCCO3)c2c1. The average molecular weight is 591 g/mol. The molecule has 4 heterocycles. The number of halogens is 1. The summed E-state index contributed by atoms with van der Waals surface area (Å²) in [7, 11) is 0. The van der Waals surface area contributed by atoms with E-state index in [4.69, 9.17) is 9.84 Å². The summed E-state index contributed by atoms with van der Waals surface area (Å²) in [4.78, 5) is 15.4. The highest BCUT2D eigenvalue weighted by Gasteiger charge is 2.30. The lowest BCUT2D eigenvalue weighted by molar-refractivity contribution is -0.116. The van der Waals surface area contributed by atoms with Crippen LogP contribution in [0.3, 0.4) is 0 Å². The van der Waals surface area contributed by atoms with E-state index in [-0.39, 0.29) is 23.9 Å². The molecular weight excluding hydrogens is 551 g/mol. The topological polar surface area (TPSA) is 59.4 Å². The number of carbonyl (C=O) groups excluding carboxylic acids is 1. The van der Waals surface area contributed by atoms with Crippen molar-refractivity contribution in [3.8, 4) is 0 Å². The van der Waals surface area contributed by atoms with Crippen LogP contribution in [0.15, 0.2) is 72.3 Å². The van der Waals surface area contributed by atoms with Gasteiger partial charge >= 0.3 is 0 Å². The maximum Gasteiger partial charge on any atom is 0.247 e. The fraction of sp³-hybridized carbons (Fsp3) is 0.351. The molecule has 0 aliphatic carbocycles. The fourth-order valence-corrected chi connectivity index (χ4v) is 6.78. The number of hydrogen-bond donors (Lipinski definition) is 1. The average Bonchev–Trinajstić information content (AvgIpc) is 3.62. The molecular formula is C37H39FN4O2. The van der Waals surface area contributed by atoms with Crippen LogP contribution in [0.5, 0.6) is 0 Å². The van der Waals surface area contributed by atoms with Gasteiger partial charge in [0.1, 0.15) is 5.82 Å². The standard InChI is InChI=1S/C37H39FN4O2/c38-32-22-28(21-30-31(24-39-37(30)43)29-9-3-1-4-10-29)23-34-36(32)33(40-42(34)35-11-5-8-20-44-35)17-16-26-12-14-27(15-13-26)25-41-18-6-2-7-19-41/h1,3-4,9-10,12-17,21-23,31,35H,2,5-8,11,18-20,24-25H2,(H,39,43)/b17-16+,30-21?. The molecule has 1 amide bonds. The number of benzene rings is 3. The number of nitrogens with one attached hydrogen (secondary N) is 1. The van der Waals surface area contributed by atoms with Crippen LogP contribution in [0, 0.1) is 5.82 Å². The van der Waals surface area contributed by atoms with Gasteiger partial charge in [-0.05, 0) is 91.7 Å². The Kier molecular flexibility index (Phi) is 8.40. The van der Waals surface area contributed by atoms with E-state index in [2.05, 4.69) is 34.5 Å². The molecule has 7 heteroatoms. The smallest absolute Gasteiger partial charge is 0.247 e. The molecule has 226 valence electrons.